The molecule has 8 heteroatoms. The van der Waals surface area contributed by atoms with Crippen LogP contribution in [0.25, 0.3) is 0 Å². The molecule has 1 aromatic rings. The highest BCUT2D eigenvalue weighted by molar-refractivity contribution is 7.89. The van der Waals surface area contributed by atoms with E-state index in [0.717, 1.165) is 26.1 Å². The molecule has 0 atom stereocenters. The fourth-order valence-electron chi connectivity index (χ4n) is 3.37. The lowest BCUT2D eigenvalue weighted by Crippen LogP contribution is -2.47. The summed E-state index contributed by atoms with van der Waals surface area (Å²) < 4.78 is 31.6. The average Bonchev–Trinajstić information content (AvgIpc) is 2.64. The summed E-state index contributed by atoms with van der Waals surface area (Å²) in [5.41, 5.74) is 0.962. The standard InChI is InChI=1S/C20H34N4O3S/c1-5-21-19(23-16-20(11-8-12-20)13-14-27-4)22-15-17-9-6-7-10-18(17)28(25,26)24(2)3/h6-7,9-10H,5,8,11-16H2,1-4H3,(H2,21,22,23). The summed E-state index contributed by atoms with van der Waals surface area (Å²) in [6.45, 7) is 4.68. The van der Waals surface area contributed by atoms with Crippen LogP contribution in [0.1, 0.15) is 38.2 Å². The summed E-state index contributed by atoms with van der Waals surface area (Å²) in [4.78, 5) is 4.94. The summed E-state index contributed by atoms with van der Waals surface area (Å²) in [5.74, 6) is 0.711. The first-order valence-electron chi connectivity index (χ1n) is 9.86. The van der Waals surface area contributed by atoms with E-state index in [4.69, 9.17) is 4.74 Å². The number of rotatable bonds is 10. The van der Waals surface area contributed by atoms with Crippen molar-refractivity contribution in [3.8, 4) is 0 Å². The van der Waals surface area contributed by atoms with Crippen molar-refractivity contribution in [2.75, 3.05) is 40.9 Å². The largest absolute Gasteiger partial charge is 0.385 e. The van der Waals surface area contributed by atoms with E-state index >= 15 is 0 Å². The van der Waals surface area contributed by atoms with E-state index in [1.165, 1.54) is 23.6 Å². The molecule has 0 bridgehead atoms. The van der Waals surface area contributed by atoms with E-state index in [1.807, 2.05) is 19.1 Å². The molecule has 7 nitrogen and oxygen atoms in total. The monoisotopic (exact) mass is 410 g/mol. The van der Waals surface area contributed by atoms with Gasteiger partial charge < -0.3 is 15.4 Å². The van der Waals surface area contributed by atoms with Gasteiger partial charge in [-0.2, -0.15) is 0 Å². The Hall–Kier alpha value is -1.64. The van der Waals surface area contributed by atoms with Crippen molar-refractivity contribution in [2.45, 2.75) is 44.0 Å². The van der Waals surface area contributed by atoms with Crippen LogP contribution < -0.4 is 10.6 Å². The third-order valence-electron chi connectivity index (χ3n) is 5.36. The molecule has 158 valence electrons. The minimum Gasteiger partial charge on any atom is -0.385 e. The van der Waals surface area contributed by atoms with E-state index in [1.54, 1.807) is 33.3 Å². The van der Waals surface area contributed by atoms with Gasteiger partial charge in [0.15, 0.2) is 5.96 Å². The smallest absolute Gasteiger partial charge is 0.242 e. The van der Waals surface area contributed by atoms with E-state index in [9.17, 15) is 8.42 Å². The second kappa shape index (κ2) is 10.2. The lowest BCUT2D eigenvalue weighted by Gasteiger charge is -2.42. The minimum absolute atomic E-state index is 0.276. The van der Waals surface area contributed by atoms with Gasteiger partial charge in [0.2, 0.25) is 10.0 Å². The Morgan fingerprint density at radius 1 is 1.25 bits per heavy atom. The Balaban J connectivity index is 2.11. The molecule has 28 heavy (non-hydrogen) atoms. The average molecular weight is 411 g/mol. The maximum atomic E-state index is 12.6. The zero-order valence-corrected chi connectivity index (χ0v) is 18.3. The van der Waals surface area contributed by atoms with Crippen LogP contribution in [0.2, 0.25) is 0 Å². The van der Waals surface area contributed by atoms with Crippen molar-refractivity contribution >= 4 is 16.0 Å². The fraction of sp³-hybridized carbons (Fsp3) is 0.650. The van der Waals surface area contributed by atoms with Crippen molar-refractivity contribution in [2.24, 2.45) is 10.4 Å². The van der Waals surface area contributed by atoms with Gasteiger partial charge in [0.05, 0.1) is 11.4 Å². The third kappa shape index (κ3) is 5.68. The highest BCUT2D eigenvalue weighted by Crippen LogP contribution is 2.43. The molecular formula is C20H34N4O3S. The van der Waals surface area contributed by atoms with Gasteiger partial charge in [0.25, 0.3) is 0 Å². The van der Waals surface area contributed by atoms with Crippen LogP contribution in [-0.2, 0) is 21.3 Å². The molecule has 2 N–H and O–H groups in total. The van der Waals surface area contributed by atoms with E-state index < -0.39 is 10.0 Å². The molecule has 1 fully saturated rings. The van der Waals surface area contributed by atoms with Crippen LogP contribution in [0.15, 0.2) is 34.2 Å². The molecule has 0 aromatic heterocycles. The number of nitrogens with one attached hydrogen (secondary N) is 2. The molecule has 1 aliphatic carbocycles. The Labute approximate surface area is 169 Å². The molecule has 0 aliphatic heterocycles. The second-order valence-electron chi connectivity index (χ2n) is 7.54. The fourth-order valence-corrected chi connectivity index (χ4v) is 4.48. The van der Waals surface area contributed by atoms with E-state index in [0.29, 0.717) is 23.0 Å². The lowest BCUT2D eigenvalue weighted by molar-refractivity contribution is 0.0732. The number of nitrogens with zero attached hydrogens (tertiary/aromatic N) is 2. The molecule has 1 saturated carbocycles. The molecule has 0 heterocycles. The van der Waals surface area contributed by atoms with E-state index in [2.05, 4.69) is 15.6 Å². The molecule has 1 aromatic carbocycles. The maximum absolute atomic E-state index is 12.6. The number of guanidine groups is 1. The molecule has 0 spiro atoms. The van der Waals surface area contributed by atoms with Crippen molar-refractivity contribution in [3.05, 3.63) is 29.8 Å². The van der Waals surface area contributed by atoms with Gasteiger partial charge in [0.1, 0.15) is 0 Å². The molecule has 0 radical (unpaired) electrons. The molecule has 1 aliphatic rings. The Kier molecular flexibility index (Phi) is 8.27. The predicted molar refractivity (Wildman–Crippen MR) is 113 cm³/mol. The van der Waals surface area contributed by atoms with Gasteiger partial charge in [-0.05, 0) is 43.2 Å². The van der Waals surface area contributed by atoms with Crippen molar-refractivity contribution < 1.29 is 13.2 Å². The van der Waals surface area contributed by atoms with Gasteiger partial charge in [-0.1, -0.05) is 24.6 Å². The Morgan fingerprint density at radius 2 is 1.96 bits per heavy atom. The van der Waals surface area contributed by atoms with Crippen LogP contribution in [0.5, 0.6) is 0 Å². The van der Waals surface area contributed by atoms with Gasteiger partial charge in [-0.15, -0.1) is 0 Å². The van der Waals surface area contributed by atoms with Gasteiger partial charge in [-0.25, -0.2) is 17.7 Å². The molecular weight excluding hydrogens is 376 g/mol. The summed E-state index contributed by atoms with van der Waals surface area (Å²) in [6, 6.07) is 7.03. The summed E-state index contributed by atoms with van der Waals surface area (Å²) >= 11 is 0. The molecule has 0 unspecified atom stereocenters. The van der Waals surface area contributed by atoms with Crippen LogP contribution >= 0.6 is 0 Å². The van der Waals surface area contributed by atoms with Crippen LogP contribution in [0, 0.1) is 5.41 Å². The summed E-state index contributed by atoms with van der Waals surface area (Å²) in [7, 11) is 1.32. The number of hydrogen-bond donors (Lipinski definition) is 2. The molecule has 2 rings (SSSR count). The third-order valence-corrected chi connectivity index (χ3v) is 7.28. The van der Waals surface area contributed by atoms with Gasteiger partial charge in [-0.3, -0.25) is 0 Å². The maximum Gasteiger partial charge on any atom is 0.242 e. The first-order chi connectivity index (χ1) is 13.3. The Morgan fingerprint density at radius 3 is 2.54 bits per heavy atom. The zero-order chi connectivity index (χ0) is 20.6. The highest BCUT2D eigenvalue weighted by Gasteiger charge is 2.36. The quantitative estimate of drug-likeness (QED) is 0.456. The summed E-state index contributed by atoms with van der Waals surface area (Å²) in [5, 5.41) is 6.71. The normalized spacial score (nSPS) is 16.7. The van der Waals surface area contributed by atoms with Crippen LogP contribution in [-0.4, -0.2) is 59.6 Å². The number of aliphatic imine (C=N–C) groups is 1. The van der Waals surface area contributed by atoms with E-state index in [-0.39, 0.29) is 5.41 Å². The second-order valence-corrected chi connectivity index (χ2v) is 9.66. The van der Waals surface area contributed by atoms with Crippen molar-refractivity contribution in [1.29, 1.82) is 0 Å². The van der Waals surface area contributed by atoms with Crippen LogP contribution in [0.3, 0.4) is 0 Å². The Bertz CT molecular complexity index is 758. The van der Waals surface area contributed by atoms with Gasteiger partial charge >= 0.3 is 0 Å². The number of hydrogen-bond acceptors (Lipinski definition) is 4. The number of methoxy groups -OCH3 is 1. The number of ether oxygens (including phenoxy) is 1. The van der Waals surface area contributed by atoms with Crippen molar-refractivity contribution in [1.82, 2.24) is 14.9 Å². The van der Waals surface area contributed by atoms with Crippen molar-refractivity contribution in [3.63, 3.8) is 0 Å². The molecule has 0 amide bonds. The molecule has 0 saturated heterocycles. The number of sulfonamides is 1. The predicted octanol–water partition coefficient (Wildman–Crippen LogP) is 2.20. The zero-order valence-electron chi connectivity index (χ0n) is 17.5. The number of benzene rings is 1. The highest BCUT2D eigenvalue weighted by atomic mass is 32.2. The van der Waals surface area contributed by atoms with Gasteiger partial charge in [0, 0.05) is 40.9 Å². The summed E-state index contributed by atoms with van der Waals surface area (Å²) in [6.07, 6.45) is 4.70. The minimum atomic E-state index is -3.50. The SMILES string of the molecule is CCNC(=NCc1ccccc1S(=O)(=O)N(C)C)NCC1(CCOC)CCC1. The first kappa shape index (κ1) is 22.6. The topological polar surface area (TPSA) is 83.0 Å². The van der Waals surface area contributed by atoms with Crippen LogP contribution in [0.4, 0.5) is 0 Å². The first-order valence-corrected chi connectivity index (χ1v) is 11.3. The lowest BCUT2D eigenvalue weighted by atomic mass is 9.67.